The normalized spacial score (nSPS) is 11.9. The summed E-state index contributed by atoms with van der Waals surface area (Å²) in [5.74, 6) is 0.0719. The number of benzene rings is 2. The summed E-state index contributed by atoms with van der Waals surface area (Å²) in [7, 11) is 1.81. The summed E-state index contributed by atoms with van der Waals surface area (Å²) in [6.45, 7) is 1.93. The van der Waals surface area contributed by atoms with Crippen molar-refractivity contribution >= 4 is 34.7 Å². The fourth-order valence-electron chi connectivity index (χ4n) is 2.31. The zero-order valence-electron chi connectivity index (χ0n) is 13.5. The maximum absolute atomic E-state index is 12.6. The van der Waals surface area contributed by atoms with Crippen molar-refractivity contribution in [2.24, 2.45) is 0 Å². The standard InChI is InChI=1S/C19H18N2OS2/c1-14(18(22)21(2)16-11-7-4-8-12-16)24-19-20-17(13-23-19)15-9-5-3-6-10-15/h3-14H,1-2H3. The number of nitrogens with zero attached hydrogens (tertiary/aromatic N) is 2. The molecule has 0 aliphatic carbocycles. The van der Waals surface area contributed by atoms with Gasteiger partial charge in [0.1, 0.15) is 0 Å². The first-order chi connectivity index (χ1) is 11.6. The first-order valence-corrected chi connectivity index (χ1v) is 9.41. The van der Waals surface area contributed by atoms with Crippen molar-refractivity contribution in [2.45, 2.75) is 16.5 Å². The Balaban J connectivity index is 1.68. The third-order valence-corrected chi connectivity index (χ3v) is 5.71. The summed E-state index contributed by atoms with van der Waals surface area (Å²) >= 11 is 3.09. The van der Waals surface area contributed by atoms with E-state index < -0.39 is 0 Å². The second-order valence-electron chi connectivity index (χ2n) is 5.36. The van der Waals surface area contributed by atoms with Crippen molar-refractivity contribution in [2.75, 3.05) is 11.9 Å². The van der Waals surface area contributed by atoms with Gasteiger partial charge >= 0.3 is 0 Å². The van der Waals surface area contributed by atoms with E-state index in [-0.39, 0.29) is 11.2 Å². The molecule has 0 fully saturated rings. The number of carbonyl (C=O) groups excluding carboxylic acids is 1. The van der Waals surface area contributed by atoms with E-state index >= 15 is 0 Å². The predicted molar refractivity (Wildman–Crippen MR) is 103 cm³/mol. The Kier molecular flexibility index (Phi) is 5.33. The van der Waals surface area contributed by atoms with Crippen LogP contribution in [0, 0.1) is 0 Å². The molecule has 0 saturated heterocycles. The van der Waals surface area contributed by atoms with Gasteiger partial charge in [0.25, 0.3) is 0 Å². The van der Waals surface area contributed by atoms with Crippen LogP contribution in [0.2, 0.25) is 0 Å². The van der Waals surface area contributed by atoms with Crippen LogP contribution < -0.4 is 4.90 Å². The van der Waals surface area contributed by atoms with Crippen LogP contribution in [0.4, 0.5) is 5.69 Å². The number of hydrogen-bond acceptors (Lipinski definition) is 4. The van der Waals surface area contributed by atoms with Gasteiger partial charge in [-0.3, -0.25) is 4.79 Å². The fourth-order valence-corrected chi connectivity index (χ4v) is 4.37. The van der Waals surface area contributed by atoms with Crippen LogP contribution in [-0.4, -0.2) is 23.2 Å². The van der Waals surface area contributed by atoms with Gasteiger partial charge < -0.3 is 4.90 Å². The first kappa shape index (κ1) is 16.7. The molecular formula is C19H18N2OS2. The van der Waals surface area contributed by atoms with E-state index in [1.165, 1.54) is 11.8 Å². The summed E-state index contributed by atoms with van der Waals surface area (Å²) in [6, 6.07) is 19.8. The van der Waals surface area contributed by atoms with Gasteiger partial charge in [0.05, 0.1) is 10.9 Å². The Labute approximate surface area is 150 Å². The van der Waals surface area contributed by atoms with E-state index in [0.717, 1.165) is 21.3 Å². The molecule has 0 aliphatic heterocycles. The lowest BCUT2D eigenvalue weighted by Gasteiger charge is -2.20. The minimum Gasteiger partial charge on any atom is -0.315 e. The van der Waals surface area contributed by atoms with E-state index in [1.54, 1.807) is 16.2 Å². The van der Waals surface area contributed by atoms with Crippen molar-refractivity contribution in [1.82, 2.24) is 4.98 Å². The molecular weight excluding hydrogens is 336 g/mol. The van der Waals surface area contributed by atoms with Gasteiger partial charge in [0.2, 0.25) is 5.91 Å². The molecule has 0 aliphatic rings. The maximum Gasteiger partial charge on any atom is 0.240 e. The smallest absolute Gasteiger partial charge is 0.240 e. The molecule has 1 heterocycles. The van der Waals surface area contributed by atoms with Gasteiger partial charge in [-0.25, -0.2) is 4.98 Å². The van der Waals surface area contributed by atoms with Gasteiger partial charge in [0, 0.05) is 23.7 Å². The minimum atomic E-state index is -0.190. The molecule has 0 spiro atoms. The van der Waals surface area contributed by atoms with Crippen molar-refractivity contribution < 1.29 is 4.79 Å². The number of amides is 1. The molecule has 1 unspecified atom stereocenters. The fraction of sp³-hybridized carbons (Fsp3) is 0.158. The first-order valence-electron chi connectivity index (χ1n) is 7.65. The van der Waals surface area contributed by atoms with Crippen LogP contribution in [0.1, 0.15) is 6.92 Å². The van der Waals surface area contributed by atoms with Crippen LogP contribution in [0.5, 0.6) is 0 Å². The Hall–Kier alpha value is -2.11. The van der Waals surface area contributed by atoms with Crippen molar-refractivity contribution in [3.8, 4) is 11.3 Å². The molecule has 24 heavy (non-hydrogen) atoms. The minimum absolute atomic E-state index is 0.0719. The number of carbonyl (C=O) groups is 1. The third kappa shape index (κ3) is 3.86. The van der Waals surface area contributed by atoms with E-state index in [4.69, 9.17) is 0 Å². The molecule has 122 valence electrons. The molecule has 3 nitrogen and oxygen atoms in total. The Morgan fingerprint density at radius 1 is 1.08 bits per heavy atom. The summed E-state index contributed by atoms with van der Waals surface area (Å²) in [6.07, 6.45) is 0. The van der Waals surface area contributed by atoms with Gasteiger partial charge in [-0.05, 0) is 19.1 Å². The lowest BCUT2D eigenvalue weighted by Crippen LogP contribution is -2.33. The van der Waals surface area contributed by atoms with Crippen LogP contribution in [0.15, 0.2) is 70.4 Å². The summed E-state index contributed by atoms with van der Waals surface area (Å²) in [5.41, 5.74) is 2.96. The highest BCUT2D eigenvalue weighted by Gasteiger charge is 2.21. The van der Waals surface area contributed by atoms with Gasteiger partial charge in [-0.15, -0.1) is 11.3 Å². The number of hydrogen-bond donors (Lipinski definition) is 0. The topological polar surface area (TPSA) is 33.2 Å². The molecule has 1 amide bonds. The van der Waals surface area contributed by atoms with Crippen molar-refractivity contribution in [1.29, 1.82) is 0 Å². The Morgan fingerprint density at radius 3 is 2.38 bits per heavy atom. The summed E-state index contributed by atoms with van der Waals surface area (Å²) in [5, 5.41) is 1.85. The van der Waals surface area contributed by atoms with E-state index in [0.29, 0.717) is 0 Å². The highest BCUT2D eigenvalue weighted by Crippen LogP contribution is 2.31. The van der Waals surface area contributed by atoms with Gasteiger partial charge in [0.15, 0.2) is 4.34 Å². The SMILES string of the molecule is CC(Sc1nc(-c2ccccc2)cs1)C(=O)N(C)c1ccccc1. The molecule has 0 radical (unpaired) electrons. The van der Waals surface area contributed by atoms with E-state index in [9.17, 15) is 4.79 Å². The van der Waals surface area contributed by atoms with Crippen molar-refractivity contribution in [3.05, 3.63) is 66.0 Å². The van der Waals surface area contributed by atoms with Gasteiger partial charge in [-0.1, -0.05) is 60.3 Å². The highest BCUT2D eigenvalue weighted by molar-refractivity contribution is 8.02. The number of thioether (sulfide) groups is 1. The zero-order chi connectivity index (χ0) is 16.9. The number of aromatic nitrogens is 1. The average molecular weight is 355 g/mol. The van der Waals surface area contributed by atoms with Crippen molar-refractivity contribution in [3.63, 3.8) is 0 Å². The molecule has 0 bridgehead atoms. The Bertz CT molecular complexity index is 803. The molecule has 0 saturated carbocycles. The Morgan fingerprint density at radius 2 is 1.71 bits per heavy atom. The molecule has 3 aromatic rings. The predicted octanol–water partition coefficient (Wildman–Crippen LogP) is 4.95. The molecule has 1 aromatic heterocycles. The quantitative estimate of drug-likeness (QED) is 0.608. The van der Waals surface area contributed by atoms with Crippen LogP contribution >= 0.6 is 23.1 Å². The molecule has 3 rings (SSSR count). The average Bonchev–Trinajstić information content (AvgIpc) is 3.10. The van der Waals surface area contributed by atoms with Crippen LogP contribution in [-0.2, 0) is 4.79 Å². The lowest BCUT2D eigenvalue weighted by atomic mass is 10.2. The molecule has 0 N–H and O–H groups in total. The number of anilines is 1. The highest BCUT2D eigenvalue weighted by atomic mass is 32.2. The largest absolute Gasteiger partial charge is 0.315 e. The van der Waals surface area contributed by atoms with E-state index in [2.05, 4.69) is 4.98 Å². The van der Waals surface area contributed by atoms with Gasteiger partial charge in [-0.2, -0.15) is 0 Å². The zero-order valence-corrected chi connectivity index (χ0v) is 15.2. The number of rotatable bonds is 5. The maximum atomic E-state index is 12.6. The monoisotopic (exact) mass is 354 g/mol. The van der Waals surface area contributed by atoms with E-state index in [1.807, 2.05) is 80.0 Å². The molecule has 2 aromatic carbocycles. The summed E-state index contributed by atoms with van der Waals surface area (Å²) in [4.78, 5) is 19.0. The van der Waals surface area contributed by atoms with Crippen LogP contribution in [0.25, 0.3) is 11.3 Å². The number of thiazole rings is 1. The second kappa shape index (κ2) is 7.64. The lowest BCUT2D eigenvalue weighted by molar-refractivity contribution is -0.117. The third-order valence-electron chi connectivity index (χ3n) is 3.65. The summed E-state index contributed by atoms with van der Waals surface area (Å²) < 4.78 is 0.913. The number of para-hydroxylation sites is 1. The molecule has 1 atom stereocenters. The molecule has 5 heteroatoms. The van der Waals surface area contributed by atoms with Crippen LogP contribution in [0.3, 0.4) is 0 Å². The second-order valence-corrected chi connectivity index (χ2v) is 7.80.